The number of aromatic nitrogens is 3. The van der Waals surface area contributed by atoms with Gasteiger partial charge in [0.15, 0.2) is 0 Å². The van der Waals surface area contributed by atoms with Crippen molar-refractivity contribution in [2.75, 3.05) is 39.4 Å². The first-order chi connectivity index (χ1) is 13.6. The lowest BCUT2D eigenvalue weighted by Gasteiger charge is -2.26. The highest BCUT2D eigenvalue weighted by Gasteiger charge is 2.27. The first kappa shape index (κ1) is 19.3. The molecule has 4 rings (SSSR count). The van der Waals surface area contributed by atoms with Crippen molar-refractivity contribution in [2.24, 2.45) is 0 Å². The number of rotatable bonds is 6. The predicted molar refractivity (Wildman–Crippen MR) is 102 cm³/mol. The van der Waals surface area contributed by atoms with E-state index in [2.05, 4.69) is 10.3 Å². The van der Waals surface area contributed by atoms with Crippen LogP contribution in [-0.2, 0) is 26.1 Å². The third-order valence-electron chi connectivity index (χ3n) is 5.31. The molecule has 0 saturated carbocycles. The number of sulfonamides is 1. The Kier molecular flexibility index (Phi) is 5.61. The minimum atomic E-state index is -3.47. The van der Waals surface area contributed by atoms with Crippen LogP contribution in [0.2, 0.25) is 0 Å². The van der Waals surface area contributed by atoms with E-state index >= 15 is 0 Å². The molecule has 0 bridgehead atoms. The van der Waals surface area contributed by atoms with Crippen molar-refractivity contribution in [3.05, 3.63) is 18.2 Å². The zero-order valence-electron chi connectivity index (χ0n) is 15.8. The SMILES string of the molecule is O=C(CCCn1nnc2cc(S(=O)(=O)N3CCCC3)ccc21)N1CCOCC1. The Balaban J connectivity index is 1.41. The van der Waals surface area contributed by atoms with Gasteiger partial charge in [-0.15, -0.1) is 5.10 Å². The number of morpholine rings is 1. The van der Waals surface area contributed by atoms with Crippen LogP contribution < -0.4 is 0 Å². The molecule has 0 radical (unpaired) electrons. The Morgan fingerprint density at radius 1 is 1.11 bits per heavy atom. The summed E-state index contributed by atoms with van der Waals surface area (Å²) in [5, 5.41) is 8.26. The Bertz CT molecular complexity index is 946. The molecule has 28 heavy (non-hydrogen) atoms. The number of hydrogen-bond acceptors (Lipinski definition) is 6. The maximum Gasteiger partial charge on any atom is 0.243 e. The Morgan fingerprint density at radius 3 is 2.61 bits per heavy atom. The molecule has 3 heterocycles. The monoisotopic (exact) mass is 407 g/mol. The first-order valence-electron chi connectivity index (χ1n) is 9.75. The van der Waals surface area contributed by atoms with E-state index in [1.165, 1.54) is 4.31 Å². The van der Waals surface area contributed by atoms with Crippen molar-refractivity contribution >= 4 is 27.0 Å². The largest absolute Gasteiger partial charge is 0.378 e. The van der Waals surface area contributed by atoms with Gasteiger partial charge in [-0.05, 0) is 37.5 Å². The number of benzene rings is 1. The lowest BCUT2D eigenvalue weighted by Crippen LogP contribution is -2.40. The van der Waals surface area contributed by atoms with Crippen molar-refractivity contribution < 1.29 is 17.9 Å². The van der Waals surface area contributed by atoms with E-state index in [0.29, 0.717) is 64.3 Å². The van der Waals surface area contributed by atoms with E-state index in [0.717, 1.165) is 18.4 Å². The van der Waals surface area contributed by atoms with Gasteiger partial charge in [0.05, 0.1) is 23.6 Å². The zero-order valence-corrected chi connectivity index (χ0v) is 16.6. The summed E-state index contributed by atoms with van der Waals surface area (Å²) in [7, 11) is -3.47. The predicted octanol–water partition coefficient (Wildman–Crippen LogP) is 0.855. The second kappa shape index (κ2) is 8.14. The molecule has 0 aliphatic carbocycles. The van der Waals surface area contributed by atoms with E-state index in [9.17, 15) is 13.2 Å². The van der Waals surface area contributed by atoms with Crippen molar-refractivity contribution in [3.8, 4) is 0 Å². The Morgan fingerprint density at radius 2 is 1.86 bits per heavy atom. The molecule has 0 atom stereocenters. The summed E-state index contributed by atoms with van der Waals surface area (Å²) in [6.07, 6.45) is 2.91. The van der Waals surface area contributed by atoms with Crippen LogP contribution in [0.3, 0.4) is 0 Å². The molecule has 9 nitrogen and oxygen atoms in total. The molecule has 0 N–H and O–H groups in total. The van der Waals surface area contributed by atoms with Crippen LogP contribution in [0, 0.1) is 0 Å². The minimum Gasteiger partial charge on any atom is -0.378 e. The molecule has 0 unspecified atom stereocenters. The molecule has 2 aliphatic rings. The van der Waals surface area contributed by atoms with Crippen LogP contribution >= 0.6 is 0 Å². The molecule has 1 aromatic heterocycles. The molecular weight excluding hydrogens is 382 g/mol. The molecule has 2 aromatic rings. The summed E-state index contributed by atoms with van der Waals surface area (Å²) >= 11 is 0. The number of fused-ring (bicyclic) bond motifs is 1. The standard InChI is InChI=1S/C18H25N5O4S/c24-18(21-10-12-27-13-11-21)4-3-9-23-17-6-5-15(14-16(17)19-20-23)28(25,26)22-7-1-2-8-22/h5-6,14H,1-4,7-13H2. The van der Waals surface area contributed by atoms with Gasteiger partial charge < -0.3 is 9.64 Å². The summed E-state index contributed by atoms with van der Waals surface area (Å²) in [5.74, 6) is 0.131. The maximum atomic E-state index is 12.7. The average molecular weight is 407 g/mol. The molecule has 152 valence electrons. The quantitative estimate of drug-likeness (QED) is 0.704. The number of aryl methyl sites for hydroxylation is 1. The van der Waals surface area contributed by atoms with E-state index in [1.807, 2.05) is 4.90 Å². The van der Waals surface area contributed by atoms with Gasteiger partial charge >= 0.3 is 0 Å². The van der Waals surface area contributed by atoms with Gasteiger partial charge in [0.1, 0.15) is 5.52 Å². The number of ether oxygens (including phenoxy) is 1. The molecule has 0 spiro atoms. The van der Waals surface area contributed by atoms with Crippen LogP contribution in [0.5, 0.6) is 0 Å². The molecular formula is C18H25N5O4S. The number of nitrogens with zero attached hydrogens (tertiary/aromatic N) is 5. The topological polar surface area (TPSA) is 97.6 Å². The zero-order chi connectivity index (χ0) is 19.6. The van der Waals surface area contributed by atoms with Crippen molar-refractivity contribution in [1.29, 1.82) is 0 Å². The van der Waals surface area contributed by atoms with E-state index < -0.39 is 10.0 Å². The smallest absolute Gasteiger partial charge is 0.243 e. The van der Waals surface area contributed by atoms with E-state index in [-0.39, 0.29) is 10.8 Å². The fourth-order valence-electron chi connectivity index (χ4n) is 3.71. The van der Waals surface area contributed by atoms with Crippen LogP contribution in [0.25, 0.3) is 11.0 Å². The average Bonchev–Trinajstić information content (AvgIpc) is 3.39. The van der Waals surface area contributed by atoms with Crippen LogP contribution in [0.4, 0.5) is 0 Å². The molecule has 1 amide bonds. The van der Waals surface area contributed by atoms with Gasteiger partial charge in [-0.2, -0.15) is 4.31 Å². The highest BCUT2D eigenvalue weighted by Crippen LogP contribution is 2.23. The first-order valence-corrected chi connectivity index (χ1v) is 11.2. The fourth-order valence-corrected chi connectivity index (χ4v) is 5.24. The van der Waals surface area contributed by atoms with Crippen LogP contribution in [0.15, 0.2) is 23.1 Å². The fraction of sp³-hybridized carbons (Fsp3) is 0.611. The summed E-state index contributed by atoms with van der Waals surface area (Å²) in [4.78, 5) is 14.3. The lowest BCUT2D eigenvalue weighted by atomic mass is 10.2. The molecule has 2 aliphatic heterocycles. The highest BCUT2D eigenvalue weighted by atomic mass is 32.2. The van der Waals surface area contributed by atoms with Gasteiger partial charge in [-0.3, -0.25) is 4.79 Å². The van der Waals surface area contributed by atoms with Crippen molar-refractivity contribution in [2.45, 2.75) is 37.1 Å². The van der Waals surface area contributed by atoms with E-state index in [1.54, 1.807) is 22.9 Å². The van der Waals surface area contributed by atoms with Crippen molar-refractivity contribution in [3.63, 3.8) is 0 Å². The van der Waals surface area contributed by atoms with Crippen LogP contribution in [0.1, 0.15) is 25.7 Å². The van der Waals surface area contributed by atoms with Crippen LogP contribution in [-0.4, -0.2) is 77.9 Å². The summed E-state index contributed by atoms with van der Waals surface area (Å²) < 4.78 is 33.9. The van der Waals surface area contributed by atoms with Gasteiger partial charge in [0, 0.05) is 39.1 Å². The van der Waals surface area contributed by atoms with Gasteiger partial charge in [0.25, 0.3) is 0 Å². The molecule has 10 heteroatoms. The summed E-state index contributed by atoms with van der Waals surface area (Å²) in [5.41, 5.74) is 1.33. The van der Waals surface area contributed by atoms with E-state index in [4.69, 9.17) is 4.74 Å². The maximum absolute atomic E-state index is 12.7. The summed E-state index contributed by atoms with van der Waals surface area (Å²) in [6.45, 7) is 4.21. The third-order valence-corrected chi connectivity index (χ3v) is 7.21. The number of hydrogen-bond donors (Lipinski definition) is 0. The second-order valence-electron chi connectivity index (χ2n) is 7.17. The third kappa shape index (κ3) is 3.89. The van der Waals surface area contributed by atoms with Crippen molar-refractivity contribution in [1.82, 2.24) is 24.2 Å². The lowest BCUT2D eigenvalue weighted by molar-refractivity contribution is -0.135. The molecule has 2 fully saturated rings. The second-order valence-corrected chi connectivity index (χ2v) is 9.11. The molecule has 2 saturated heterocycles. The minimum absolute atomic E-state index is 0.131. The van der Waals surface area contributed by atoms with Gasteiger partial charge in [-0.1, -0.05) is 5.21 Å². The number of carbonyl (C=O) groups excluding carboxylic acids is 1. The normalized spacial score (nSPS) is 18.8. The summed E-state index contributed by atoms with van der Waals surface area (Å²) in [6, 6.07) is 4.96. The Labute approximate surface area is 164 Å². The van der Waals surface area contributed by atoms with Gasteiger partial charge in [0.2, 0.25) is 15.9 Å². The molecule has 1 aromatic carbocycles. The number of amides is 1. The number of carbonyl (C=O) groups is 1. The van der Waals surface area contributed by atoms with Gasteiger partial charge in [-0.25, -0.2) is 13.1 Å². The Hall–Kier alpha value is -2.04. The highest BCUT2D eigenvalue weighted by molar-refractivity contribution is 7.89.